The standard InChI is InChI=1S/C15H10N4O2/c16-9-10-4-1-2-5-11(10)17-15(20)13-8-12(18-19-13)14-6-3-7-21-14/h1-8H,(H,17,20)(H,18,19). The minimum atomic E-state index is -0.397. The Morgan fingerprint density at radius 1 is 1.29 bits per heavy atom. The van der Waals surface area contributed by atoms with Gasteiger partial charge in [0.05, 0.1) is 17.5 Å². The van der Waals surface area contributed by atoms with Gasteiger partial charge < -0.3 is 9.73 Å². The molecule has 2 heterocycles. The van der Waals surface area contributed by atoms with E-state index in [1.165, 1.54) is 0 Å². The monoisotopic (exact) mass is 278 g/mol. The van der Waals surface area contributed by atoms with Crippen LogP contribution in [0.25, 0.3) is 11.5 Å². The van der Waals surface area contributed by atoms with Crippen LogP contribution in [0.4, 0.5) is 5.69 Å². The molecule has 102 valence electrons. The first-order chi connectivity index (χ1) is 10.3. The van der Waals surface area contributed by atoms with E-state index in [1.807, 2.05) is 6.07 Å². The summed E-state index contributed by atoms with van der Waals surface area (Å²) in [7, 11) is 0. The number of H-pyrrole nitrogens is 1. The summed E-state index contributed by atoms with van der Waals surface area (Å²) in [6.07, 6.45) is 1.54. The number of anilines is 1. The van der Waals surface area contributed by atoms with E-state index in [-0.39, 0.29) is 5.69 Å². The smallest absolute Gasteiger partial charge is 0.276 e. The molecule has 0 saturated carbocycles. The quantitative estimate of drug-likeness (QED) is 0.770. The Morgan fingerprint density at radius 3 is 2.90 bits per heavy atom. The number of amides is 1. The highest BCUT2D eigenvalue weighted by atomic mass is 16.3. The maximum atomic E-state index is 12.1. The molecule has 1 aromatic carbocycles. The lowest BCUT2D eigenvalue weighted by atomic mass is 10.2. The van der Waals surface area contributed by atoms with Gasteiger partial charge in [-0.05, 0) is 24.3 Å². The molecule has 2 N–H and O–H groups in total. The van der Waals surface area contributed by atoms with Gasteiger partial charge in [-0.1, -0.05) is 12.1 Å². The van der Waals surface area contributed by atoms with Gasteiger partial charge in [0.25, 0.3) is 5.91 Å². The molecule has 6 heteroatoms. The Labute approximate surface area is 120 Å². The average molecular weight is 278 g/mol. The number of nitrogens with one attached hydrogen (secondary N) is 2. The Morgan fingerprint density at radius 2 is 2.14 bits per heavy atom. The highest BCUT2D eigenvalue weighted by molar-refractivity contribution is 6.04. The first kappa shape index (κ1) is 12.7. The van der Waals surface area contributed by atoms with E-state index >= 15 is 0 Å². The molecule has 0 radical (unpaired) electrons. The first-order valence-corrected chi connectivity index (χ1v) is 6.17. The third-order valence-electron chi connectivity index (χ3n) is 2.89. The summed E-state index contributed by atoms with van der Waals surface area (Å²) in [5.41, 5.74) is 1.67. The highest BCUT2D eigenvalue weighted by Crippen LogP contribution is 2.19. The molecule has 0 unspecified atom stereocenters. The van der Waals surface area contributed by atoms with Gasteiger partial charge in [-0.25, -0.2) is 0 Å². The van der Waals surface area contributed by atoms with Crippen LogP contribution in [-0.4, -0.2) is 16.1 Å². The topological polar surface area (TPSA) is 94.7 Å². The minimum absolute atomic E-state index is 0.217. The largest absolute Gasteiger partial charge is 0.463 e. The second-order valence-corrected chi connectivity index (χ2v) is 4.26. The van der Waals surface area contributed by atoms with Crippen molar-refractivity contribution in [1.82, 2.24) is 10.2 Å². The zero-order valence-electron chi connectivity index (χ0n) is 10.8. The summed E-state index contributed by atoms with van der Waals surface area (Å²) < 4.78 is 5.22. The van der Waals surface area contributed by atoms with E-state index in [4.69, 9.17) is 9.68 Å². The van der Waals surface area contributed by atoms with Crippen LogP contribution in [-0.2, 0) is 0 Å². The number of hydrogen-bond donors (Lipinski definition) is 2. The van der Waals surface area contributed by atoms with Gasteiger partial charge in [0.2, 0.25) is 0 Å². The number of carbonyl (C=O) groups is 1. The molecular weight excluding hydrogens is 268 g/mol. The number of para-hydroxylation sites is 1. The average Bonchev–Trinajstić information content (AvgIpc) is 3.18. The Bertz CT molecular complexity index is 812. The van der Waals surface area contributed by atoms with Crippen molar-refractivity contribution in [3.05, 3.63) is 60.0 Å². The third kappa shape index (κ3) is 2.53. The summed E-state index contributed by atoms with van der Waals surface area (Å²) in [4.78, 5) is 12.1. The van der Waals surface area contributed by atoms with Gasteiger partial charge in [-0.2, -0.15) is 10.4 Å². The molecule has 3 rings (SSSR count). The van der Waals surface area contributed by atoms with Crippen molar-refractivity contribution >= 4 is 11.6 Å². The number of hydrogen-bond acceptors (Lipinski definition) is 4. The summed E-state index contributed by atoms with van der Waals surface area (Å²) in [5, 5.41) is 18.3. The van der Waals surface area contributed by atoms with E-state index < -0.39 is 5.91 Å². The summed E-state index contributed by atoms with van der Waals surface area (Å²) in [5.74, 6) is 0.200. The number of nitrogens with zero attached hydrogens (tertiary/aromatic N) is 2. The SMILES string of the molecule is N#Cc1ccccc1NC(=O)c1cc(-c2ccco2)[nH]n1. The van der Waals surface area contributed by atoms with Crippen molar-refractivity contribution in [2.45, 2.75) is 0 Å². The molecule has 6 nitrogen and oxygen atoms in total. The van der Waals surface area contributed by atoms with Crippen molar-refractivity contribution in [3.8, 4) is 17.5 Å². The fraction of sp³-hybridized carbons (Fsp3) is 0. The van der Waals surface area contributed by atoms with Crippen molar-refractivity contribution in [3.63, 3.8) is 0 Å². The predicted molar refractivity (Wildman–Crippen MR) is 75.4 cm³/mol. The van der Waals surface area contributed by atoms with Crippen LogP contribution in [0.1, 0.15) is 16.1 Å². The lowest BCUT2D eigenvalue weighted by Crippen LogP contribution is -2.13. The number of rotatable bonds is 3. The summed E-state index contributed by atoms with van der Waals surface area (Å²) in [6, 6.07) is 13.9. The molecule has 0 aliphatic heterocycles. The molecular formula is C15H10N4O2. The zero-order valence-corrected chi connectivity index (χ0v) is 10.8. The van der Waals surface area contributed by atoms with Gasteiger partial charge in [-0.3, -0.25) is 9.89 Å². The second-order valence-electron chi connectivity index (χ2n) is 4.26. The number of furan rings is 1. The molecule has 0 atom stereocenters. The summed E-state index contributed by atoms with van der Waals surface area (Å²) in [6.45, 7) is 0. The van der Waals surface area contributed by atoms with Crippen LogP contribution < -0.4 is 5.32 Å². The van der Waals surface area contributed by atoms with E-state index in [0.29, 0.717) is 22.7 Å². The highest BCUT2D eigenvalue weighted by Gasteiger charge is 2.14. The molecule has 0 saturated heterocycles. The lowest BCUT2D eigenvalue weighted by molar-refractivity contribution is 0.102. The van der Waals surface area contributed by atoms with E-state index in [2.05, 4.69) is 15.5 Å². The number of carbonyl (C=O) groups excluding carboxylic acids is 1. The predicted octanol–water partition coefficient (Wildman–Crippen LogP) is 2.79. The molecule has 1 amide bonds. The Kier molecular flexibility index (Phi) is 3.23. The second kappa shape index (κ2) is 5.35. The maximum absolute atomic E-state index is 12.1. The number of nitriles is 1. The van der Waals surface area contributed by atoms with E-state index in [0.717, 1.165) is 0 Å². The number of aromatic amines is 1. The van der Waals surface area contributed by atoms with Crippen LogP contribution in [0.3, 0.4) is 0 Å². The van der Waals surface area contributed by atoms with Crippen molar-refractivity contribution in [1.29, 1.82) is 5.26 Å². The van der Waals surface area contributed by atoms with Crippen LogP contribution >= 0.6 is 0 Å². The molecule has 3 aromatic rings. The van der Waals surface area contributed by atoms with Crippen molar-refractivity contribution in [2.24, 2.45) is 0 Å². The third-order valence-corrected chi connectivity index (χ3v) is 2.89. The van der Waals surface area contributed by atoms with Crippen LogP contribution in [0, 0.1) is 11.3 Å². The molecule has 0 spiro atoms. The lowest BCUT2D eigenvalue weighted by Gasteiger charge is -2.04. The van der Waals surface area contributed by atoms with E-state index in [9.17, 15) is 4.79 Å². The van der Waals surface area contributed by atoms with Gasteiger partial charge in [0.15, 0.2) is 11.5 Å². The van der Waals surface area contributed by atoms with Crippen molar-refractivity contribution < 1.29 is 9.21 Å². The molecule has 2 aromatic heterocycles. The molecule has 0 aliphatic carbocycles. The fourth-order valence-corrected chi connectivity index (χ4v) is 1.87. The molecule has 0 aliphatic rings. The Hall–Kier alpha value is -3.33. The van der Waals surface area contributed by atoms with Gasteiger partial charge in [0, 0.05) is 6.07 Å². The minimum Gasteiger partial charge on any atom is -0.463 e. The summed E-state index contributed by atoms with van der Waals surface area (Å²) >= 11 is 0. The van der Waals surface area contributed by atoms with Crippen LogP contribution in [0.5, 0.6) is 0 Å². The molecule has 21 heavy (non-hydrogen) atoms. The number of aromatic nitrogens is 2. The molecule has 0 bridgehead atoms. The van der Waals surface area contributed by atoms with Gasteiger partial charge in [0.1, 0.15) is 11.8 Å². The van der Waals surface area contributed by atoms with Crippen molar-refractivity contribution in [2.75, 3.05) is 5.32 Å². The van der Waals surface area contributed by atoms with E-state index in [1.54, 1.807) is 48.7 Å². The zero-order chi connectivity index (χ0) is 14.7. The van der Waals surface area contributed by atoms with Crippen LogP contribution in [0.15, 0.2) is 53.1 Å². The molecule has 0 fully saturated rings. The Balaban J connectivity index is 1.82. The van der Waals surface area contributed by atoms with Gasteiger partial charge in [-0.15, -0.1) is 0 Å². The maximum Gasteiger partial charge on any atom is 0.276 e. The van der Waals surface area contributed by atoms with Gasteiger partial charge >= 0.3 is 0 Å². The fourth-order valence-electron chi connectivity index (χ4n) is 1.87. The normalized spacial score (nSPS) is 10.0. The van der Waals surface area contributed by atoms with Crippen LogP contribution in [0.2, 0.25) is 0 Å². The number of benzene rings is 1. The first-order valence-electron chi connectivity index (χ1n) is 6.17.